The molecule has 1 unspecified atom stereocenters. The number of Topliss-reactive ketones (excluding diaryl/α,β-unsaturated/α-hetero) is 1. The molecule has 2 aromatic rings. The van der Waals surface area contributed by atoms with Crippen LogP contribution in [0.25, 0.3) is 5.76 Å². The van der Waals surface area contributed by atoms with Gasteiger partial charge in [-0.2, -0.15) is 0 Å². The summed E-state index contributed by atoms with van der Waals surface area (Å²) in [7, 11) is 6.93. The fourth-order valence-electron chi connectivity index (χ4n) is 3.75. The van der Waals surface area contributed by atoms with Crippen molar-refractivity contribution in [2.75, 3.05) is 46.4 Å². The molecule has 32 heavy (non-hydrogen) atoms. The lowest BCUT2D eigenvalue weighted by atomic mass is 9.95. The highest BCUT2D eigenvalue weighted by atomic mass is 35.5. The summed E-state index contributed by atoms with van der Waals surface area (Å²) in [5.74, 6) is -1.27. The second kappa shape index (κ2) is 10.1. The molecule has 8 heteroatoms. The van der Waals surface area contributed by atoms with E-state index in [0.717, 1.165) is 5.69 Å². The number of carbonyl (C=O) groups excluding carboxylic acids is 2. The number of ether oxygens (including phenoxy) is 2. The molecular weight excluding hydrogens is 432 g/mol. The molecule has 1 atom stereocenters. The number of rotatable bonds is 8. The van der Waals surface area contributed by atoms with E-state index < -0.39 is 17.7 Å². The molecule has 0 spiro atoms. The van der Waals surface area contributed by atoms with Gasteiger partial charge in [0.2, 0.25) is 0 Å². The first-order valence-electron chi connectivity index (χ1n) is 10.2. The maximum absolute atomic E-state index is 13.1. The van der Waals surface area contributed by atoms with Crippen molar-refractivity contribution in [2.45, 2.75) is 12.5 Å². The third kappa shape index (κ3) is 4.59. The van der Waals surface area contributed by atoms with Crippen LogP contribution in [-0.2, 0) is 14.3 Å². The van der Waals surface area contributed by atoms with Gasteiger partial charge in [-0.05, 0) is 42.3 Å². The average Bonchev–Trinajstić information content (AvgIpc) is 3.04. The number of aliphatic hydroxyl groups excluding tert-OH is 1. The monoisotopic (exact) mass is 458 g/mol. The van der Waals surface area contributed by atoms with Crippen LogP contribution < -0.4 is 9.64 Å². The molecule has 1 aliphatic heterocycles. The van der Waals surface area contributed by atoms with Crippen molar-refractivity contribution in [3.8, 4) is 5.75 Å². The van der Waals surface area contributed by atoms with E-state index in [4.69, 9.17) is 21.1 Å². The molecule has 1 aliphatic rings. The SMILES string of the molecule is COCCCN1C(=O)C(=O)/C(=C(/O)c2cc(OC)ccc2Cl)C1c1ccc(N(C)C)cc1. The zero-order valence-electron chi connectivity index (χ0n) is 18.6. The second-order valence-electron chi connectivity index (χ2n) is 7.67. The summed E-state index contributed by atoms with van der Waals surface area (Å²) in [5.41, 5.74) is 1.92. The molecule has 0 saturated carbocycles. The Morgan fingerprint density at radius 3 is 2.41 bits per heavy atom. The molecule has 1 N–H and O–H groups in total. The first kappa shape index (κ1) is 23.6. The van der Waals surface area contributed by atoms with Crippen molar-refractivity contribution in [2.24, 2.45) is 0 Å². The fourth-order valence-corrected chi connectivity index (χ4v) is 3.96. The Bertz CT molecular complexity index is 1030. The Hall–Kier alpha value is -3.03. The van der Waals surface area contributed by atoms with Crippen LogP contribution >= 0.6 is 11.6 Å². The highest BCUT2D eigenvalue weighted by Gasteiger charge is 2.46. The van der Waals surface area contributed by atoms with Crippen LogP contribution in [0, 0.1) is 0 Å². The third-order valence-electron chi connectivity index (χ3n) is 5.44. The standard InChI is InChI=1S/C24H27ClN2O5/c1-26(2)16-8-6-15(7-9-16)21-20(23(29)24(30)27(21)12-5-13-31-3)22(28)18-14-17(32-4)10-11-19(18)25/h6-11,14,21,28H,5,12-13H2,1-4H3/b22-20+. The Morgan fingerprint density at radius 1 is 1.12 bits per heavy atom. The summed E-state index contributed by atoms with van der Waals surface area (Å²) in [6, 6.07) is 11.6. The van der Waals surface area contributed by atoms with Gasteiger partial charge in [-0.15, -0.1) is 0 Å². The maximum atomic E-state index is 13.1. The smallest absolute Gasteiger partial charge is 0.295 e. The molecule has 0 aliphatic carbocycles. The first-order valence-corrected chi connectivity index (χ1v) is 10.6. The minimum Gasteiger partial charge on any atom is -0.507 e. The Labute approximate surface area is 192 Å². The number of hydrogen-bond acceptors (Lipinski definition) is 6. The topological polar surface area (TPSA) is 79.3 Å². The van der Waals surface area contributed by atoms with Crippen LogP contribution in [0.1, 0.15) is 23.6 Å². The van der Waals surface area contributed by atoms with Gasteiger partial charge in [-0.25, -0.2) is 0 Å². The predicted octanol–water partition coefficient (Wildman–Crippen LogP) is 3.87. The van der Waals surface area contributed by atoms with Crippen LogP contribution in [-0.4, -0.2) is 63.2 Å². The van der Waals surface area contributed by atoms with Gasteiger partial charge in [0.05, 0.1) is 23.7 Å². The number of anilines is 1. The predicted molar refractivity (Wildman–Crippen MR) is 124 cm³/mol. The summed E-state index contributed by atoms with van der Waals surface area (Å²) < 4.78 is 10.3. The van der Waals surface area contributed by atoms with E-state index in [9.17, 15) is 14.7 Å². The molecule has 0 radical (unpaired) electrons. The molecular formula is C24H27ClN2O5. The summed E-state index contributed by atoms with van der Waals surface area (Å²) in [4.78, 5) is 29.4. The largest absolute Gasteiger partial charge is 0.507 e. The lowest BCUT2D eigenvalue weighted by Crippen LogP contribution is -2.31. The van der Waals surface area contributed by atoms with E-state index in [1.165, 1.54) is 12.0 Å². The quantitative estimate of drug-likeness (QED) is 0.280. The number of ketones is 1. The van der Waals surface area contributed by atoms with Gasteiger partial charge in [0.1, 0.15) is 11.5 Å². The van der Waals surface area contributed by atoms with E-state index in [1.807, 2.05) is 43.3 Å². The number of benzene rings is 2. The normalized spacial score (nSPS) is 17.7. The van der Waals surface area contributed by atoms with Gasteiger partial charge in [-0.1, -0.05) is 23.7 Å². The lowest BCUT2D eigenvalue weighted by Gasteiger charge is -2.26. The van der Waals surface area contributed by atoms with Crippen LogP contribution in [0.3, 0.4) is 0 Å². The van der Waals surface area contributed by atoms with Crippen molar-refractivity contribution in [1.29, 1.82) is 0 Å². The Morgan fingerprint density at radius 2 is 1.81 bits per heavy atom. The van der Waals surface area contributed by atoms with Crippen LogP contribution in [0.5, 0.6) is 5.75 Å². The number of methoxy groups -OCH3 is 2. The van der Waals surface area contributed by atoms with Crippen LogP contribution in [0.4, 0.5) is 5.69 Å². The van der Waals surface area contributed by atoms with Gasteiger partial charge >= 0.3 is 0 Å². The van der Waals surface area contributed by atoms with Crippen molar-refractivity contribution in [3.05, 3.63) is 64.2 Å². The van der Waals surface area contributed by atoms with E-state index in [1.54, 1.807) is 25.3 Å². The molecule has 1 heterocycles. The first-order chi connectivity index (χ1) is 15.3. The number of nitrogens with zero attached hydrogens (tertiary/aromatic N) is 2. The van der Waals surface area contributed by atoms with Crippen LogP contribution in [0.15, 0.2) is 48.0 Å². The summed E-state index contributed by atoms with van der Waals surface area (Å²) in [5, 5.41) is 11.4. The number of amides is 1. The van der Waals surface area contributed by atoms with Crippen molar-refractivity contribution >= 4 is 34.7 Å². The average molecular weight is 459 g/mol. The van der Waals surface area contributed by atoms with E-state index >= 15 is 0 Å². The molecule has 1 amide bonds. The molecule has 0 bridgehead atoms. The molecule has 1 saturated heterocycles. The summed E-state index contributed by atoms with van der Waals surface area (Å²) in [6.07, 6.45) is 0.551. The number of likely N-dealkylation sites (tertiary alicyclic amines) is 1. The summed E-state index contributed by atoms with van der Waals surface area (Å²) >= 11 is 6.32. The Kier molecular flexibility index (Phi) is 7.43. The van der Waals surface area contributed by atoms with E-state index in [0.29, 0.717) is 30.9 Å². The maximum Gasteiger partial charge on any atom is 0.295 e. The lowest BCUT2D eigenvalue weighted by molar-refractivity contribution is -0.140. The zero-order chi connectivity index (χ0) is 23.4. The number of carbonyl (C=O) groups is 2. The van der Waals surface area contributed by atoms with Gasteiger partial charge in [-0.3, -0.25) is 9.59 Å². The van der Waals surface area contributed by atoms with Gasteiger partial charge in [0.25, 0.3) is 11.7 Å². The molecule has 2 aromatic carbocycles. The molecule has 170 valence electrons. The van der Waals surface area contributed by atoms with E-state index in [-0.39, 0.29) is 21.9 Å². The molecule has 3 rings (SSSR count). The summed E-state index contributed by atoms with van der Waals surface area (Å²) in [6.45, 7) is 0.748. The minimum atomic E-state index is -0.750. The van der Waals surface area contributed by atoms with Gasteiger partial charge in [0.15, 0.2) is 0 Å². The Balaban J connectivity index is 2.16. The molecule has 0 aromatic heterocycles. The second-order valence-corrected chi connectivity index (χ2v) is 8.08. The van der Waals surface area contributed by atoms with E-state index in [2.05, 4.69) is 0 Å². The van der Waals surface area contributed by atoms with Gasteiger partial charge < -0.3 is 24.4 Å². The molecule has 1 fully saturated rings. The molecule has 7 nitrogen and oxygen atoms in total. The highest BCUT2D eigenvalue weighted by Crippen LogP contribution is 2.41. The number of halogens is 1. The third-order valence-corrected chi connectivity index (χ3v) is 5.77. The zero-order valence-corrected chi connectivity index (χ0v) is 19.3. The van der Waals surface area contributed by atoms with Crippen molar-refractivity contribution in [1.82, 2.24) is 4.90 Å². The minimum absolute atomic E-state index is 0.000160. The highest BCUT2D eigenvalue weighted by molar-refractivity contribution is 6.47. The fraction of sp³-hybridized carbons (Fsp3) is 0.333. The van der Waals surface area contributed by atoms with Crippen LogP contribution in [0.2, 0.25) is 5.02 Å². The number of aliphatic hydroxyl groups is 1. The van der Waals surface area contributed by atoms with Crippen molar-refractivity contribution in [3.63, 3.8) is 0 Å². The number of hydrogen-bond donors (Lipinski definition) is 1. The van der Waals surface area contributed by atoms with Crippen molar-refractivity contribution < 1.29 is 24.2 Å². The van der Waals surface area contributed by atoms with Gasteiger partial charge in [0, 0.05) is 45.6 Å².